The van der Waals surface area contributed by atoms with Gasteiger partial charge < -0.3 is 14.9 Å². The van der Waals surface area contributed by atoms with Crippen LogP contribution in [0.15, 0.2) is 24.3 Å². The van der Waals surface area contributed by atoms with Gasteiger partial charge in [0.1, 0.15) is 5.82 Å². The van der Waals surface area contributed by atoms with E-state index in [1.165, 1.54) is 5.56 Å². The van der Waals surface area contributed by atoms with Crippen molar-refractivity contribution in [3.05, 3.63) is 35.4 Å². The van der Waals surface area contributed by atoms with Crippen LogP contribution in [0.3, 0.4) is 0 Å². The van der Waals surface area contributed by atoms with Crippen LogP contribution in [0, 0.1) is 6.92 Å². The zero-order valence-corrected chi connectivity index (χ0v) is 16.2. The molecular weight excluding hydrogens is 340 g/mol. The van der Waals surface area contributed by atoms with Crippen molar-refractivity contribution in [1.82, 2.24) is 14.8 Å². The molecule has 0 aliphatic carbocycles. The molecule has 1 N–H and O–H groups in total. The molecule has 1 atom stereocenters. The minimum Gasteiger partial charge on any atom is -0.391 e. The van der Waals surface area contributed by atoms with E-state index < -0.39 is 0 Å². The first kappa shape index (κ1) is 18.2. The largest absolute Gasteiger partial charge is 0.391 e. The number of pyridine rings is 1. The number of piperidine rings is 1. The summed E-state index contributed by atoms with van der Waals surface area (Å²) in [6.45, 7) is 6.41. The average Bonchev–Trinajstić information content (AvgIpc) is 2.64. The molecule has 0 radical (unpaired) electrons. The molecule has 144 valence electrons. The second kappa shape index (κ2) is 7.44. The number of benzene rings is 1. The van der Waals surface area contributed by atoms with E-state index in [4.69, 9.17) is 4.98 Å². The van der Waals surface area contributed by atoms with Gasteiger partial charge in [-0.05, 0) is 38.0 Å². The monoisotopic (exact) mass is 368 g/mol. The smallest absolute Gasteiger partial charge is 0.236 e. The molecule has 27 heavy (non-hydrogen) atoms. The molecule has 1 aromatic heterocycles. The van der Waals surface area contributed by atoms with E-state index >= 15 is 0 Å². The Bertz CT molecular complexity index is 853. The van der Waals surface area contributed by atoms with Gasteiger partial charge in [-0.15, -0.1) is 0 Å². The molecule has 3 heterocycles. The van der Waals surface area contributed by atoms with Gasteiger partial charge >= 0.3 is 0 Å². The Kier molecular flexibility index (Phi) is 5.02. The van der Waals surface area contributed by atoms with E-state index in [0.717, 1.165) is 54.8 Å². The molecule has 0 unspecified atom stereocenters. The van der Waals surface area contributed by atoms with Crippen molar-refractivity contribution < 1.29 is 9.90 Å². The minimum atomic E-state index is -0.299. The van der Waals surface area contributed by atoms with Crippen molar-refractivity contribution in [3.8, 4) is 0 Å². The number of hydrogen-bond acceptors (Lipinski definition) is 5. The maximum atomic E-state index is 12.1. The lowest BCUT2D eigenvalue weighted by molar-refractivity contribution is -0.134. The Morgan fingerprint density at radius 3 is 2.85 bits per heavy atom. The number of aliphatic hydroxyl groups excluding tert-OH is 1. The van der Waals surface area contributed by atoms with Crippen molar-refractivity contribution in [2.75, 3.05) is 44.7 Å². The van der Waals surface area contributed by atoms with E-state index in [2.05, 4.69) is 41.0 Å². The van der Waals surface area contributed by atoms with Gasteiger partial charge in [0.15, 0.2) is 0 Å². The highest BCUT2D eigenvalue weighted by Gasteiger charge is 2.25. The van der Waals surface area contributed by atoms with Crippen molar-refractivity contribution in [3.63, 3.8) is 0 Å². The maximum Gasteiger partial charge on any atom is 0.236 e. The summed E-state index contributed by atoms with van der Waals surface area (Å²) in [6.07, 6.45) is 1.53. The highest BCUT2D eigenvalue weighted by molar-refractivity contribution is 5.83. The van der Waals surface area contributed by atoms with Crippen LogP contribution in [0.5, 0.6) is 0 Å². The molecule has 2 aromatic rings. The van der Waals surface area contributed by atoms with Gasteiger partial charge in [0.25, 0.3) is 0 Å². The van der Waals surface area contributed by atoms with Gasteiger partial charge in [-0.3, -0.25) is 9.69 Å². The first-order valence-electron chi connectivity index (χ1n) is 9.79. The second-order valence-electron chi connectivity index (χ2n) is 7.94. The van der Waals surface area contributed by atoms with Crippen LogP contribution in [0.25, 0.3) is 10.9 Å². The number of carbonyl (C=O) groups excluding carboxylic acids is 1. The van der Waals surface area contributed by atoms with Crippen molar-refractivity contribution in [1.29, 1.82) is 0 Å². The number of aryl methyl sites for hydroxylation is 1. The van der Waals surface area contributed by atoms with Crippen molar-refractivity contribution in [2.24, 2.45) is 0 Å². The van der Waals surface area contributed by atoms with Crippen LogP contribution < -0.4 is 4.90 Å². The number of carbonyl (C=O) groups is 1. The molecule has 0 bridgehead atoms. The number of likely N-dealkylation sites (N-methyl/N-ethyl adjacent to an activating group) is 1. The fourth-order valence-corrected chi connectivity index (χ4v) is 4.05. The summed E-state index contributed by atoms with van der Waals surface area (Å²) >= 11 is 0. The third kappa shape index (κ3) is 3.92. The van der Waals surface area contributed by atoms with E-state index in [0.29, 0.717) is 19.6 Å². The summed E-state index contributed by atoms with van der Waals surface area (Å²) in [5.74, 6) is 1.12. The zero-order chi connectivity index (χ0) is 19.0. The number of amides is 1. The molecule has 1 amide bonds. The highest BCUT2D eigenvalue weighted by Crippen LogP contribution is 2.28. The van der Waals surface area contributed by atoms with Crippen molar-refractivity contribution in [2.45, 2.75) is 32.4 Å². The van der Waals surface area contributed by atoms with Crippen LogP contribution >= 0.6 is 0 Å². The third-order valence-electron chi connectivity index (χ3n) is 5.65. The maximum absolute atomic E-state index is 12.1. The molecule has 0 spiro atoms. The molecule has 2 saturated heterocycles. The summed E-state index contributed by atoms with van der Waals surface area (Å²) in [4.78, 5) is 23.3. The van der Waals surface area contributed by atoms with Gasteiger partial charge in [0.2, 0.25) is 5.91 Å². The average molecular weight is 368 g/mol. The number of piperazine rings is 1. The van der Waals surface area contributed by atoms with Crippen LogP contribution in [-0.4, -0.2) is 71.7 Å². The summed E-state index contributed by atoms with van der Waals surface area (Å²) in [5.41, 5.74) is 3.33. The second-order valence-corrected chi connectivity index (χ2v) is 7.94. The number of β-amino-alcohol motifs (C(OH)–C–C–N with tert-alkyl or cyclic N) is 1. The minimum absolute atomic E-state index is 0.167. The van der Waals surface area contributed by atoms with Gasteiger partial charge in [-0.1, -0.05) is 11.6 Å². The number of anilines is 1. The lowest BCUT2D eigenvalue weighted by atomic mass is 10.0. The van der Waals surface area contributed by atoms with E-state index in [9.17, 15) is 9.90 Å². The number of fused-ring (bicyclic) bond motifs is 1. The normalized spacial score (nSPS) is 21.9. The third-order valence-corrected chi connectivity index (χ3v) is 5.65. The quantitative estimate of drug-likeness (QED) is 0.895. The first-order chi connectivity index (χ1) is 13.0. The van der Waals surface area contributed by atoms with Gasteiger partial charge in [-0.25, -0.2) is 4.98 Å². The molecule has 6 nitrogen and oxygen atoms in total. The van der Waals surface area contributed by atoms with E-state index in [1.807, 2.05) is 7.05 Å². The van der Waals surface area contributed by atoms with Crippen LogP contribution in [-0.2, 0) is 11.3 Å². The number of nitrogens with zero attached hydrogens (tertiary/aromatic N) is 4. The van der Waals surface area contributed by atoms with Crippen LogP contribution in [0.2, 0.25) is 0 Å². The van der Waals surface area contributed by atoms with Crippen molar-refractivity contribution >= 4 is 22.6 Å². The van der Waals surface area contributed by atoms with Gasteiger partial charge in [0.05, 0.1) is 18.2 Å². The van der Waals surface area contributed by atoms with Gasteiger partial charge in [0, 0.05) is 50.7 Å². The summed E-state index contributed by atoms with van der Waals surface area (Å²) in [6, 6.07) is 8.53. The Hall–Kier alpha value is -2.18. The van der Waals surface area contributed by atoms with E-state index in [1.54, 1.807) is 4.90 Å². The molecule has 1 aromatic carbocycles. The fraction of sp³-hybridized carbons (Fsp3) is 0.524. The fourth-order valence-electron chi connectivity index (χ4n) is 4.05. The number of aromatic nitrogens is 1. The number of rotatable bonds is 3. The Balaban J connectivity index is 1.69. The molecular formula is C21H28N4O2. The predicted octanol–water partition coefficient (Wildman–Crippen LogP) is 1.78. The summed E-state index contributed by atoms with van der Waals surface area (Å²) < 4.78 is 0. The molecule has 2 aliphatic rings. The standard InChI is InChI=1S/C21H28N4O2/c1-15-5-6-19-16(10-15)11-17(12-24-9-8-23(2)20(27)14-24)21(22-19)25-7-3-4-18(26)13-25/h5-6,10-11,18,26H,3-4,7-9,12-14H2,1-2H3/t18-/m1/s1. The Morgan fingerprint density at radius 2 is 2.07 bits per heavy atom. The van der Waals surface area contributed by atoms with Crippen LogP contribution in [0.1, 0.15) is 24.0 Å². The molecule has 0 saturated carbocycles. The molecule has 2 aliphatic heterocycles. The SMILES string of the molecule is Cc1ccc2nc(N3CCC[C@@H](O)C3)c(CN3CCN(C)C(=O)C3)cc2c1. The Labute approximate surface area is 160 Å². The van der Waals surface area contributed by atoms with E-state index in [-0.39, 0.29) is 12.0 Å². The van der Waals surface area contributed by atoms with Gasteiger partial charge in [-0.2, -0.15) is 0 Å². The molecule has 6 heteroatoms. The first-order valence-corrected chi connectivity index (χ1v) is 9.79. The lowest BCUT2D eigenvalue weighted by Crippen LogP contribution is -2.48. The summed E-state index contributed by atoms with van der Waals surface area (Å²) in [7, 11) is 1.86. The lowest BCUT2D eigenvalue weighted by Gasteiger charge is -2.35. The predicted molar refractivity (Wildman–Crippen MR) is 107 cm³/mol. The zero-order valence-electron chi connectivity index (χ0n) is 16.2. The number of hydrogen-bond donors (Lipinski definition) is 1. The molecule has 2 fully saturated rings. The summed E-state index contributed by atoms with van der Waals surface area (Å²) in [5, 5.41) is 11.3. The topological polar surface area (TPSA) is 59.9 Å². The van der Waals surface area contributed by atoms with Crippen LogP contribution in [0.4, 0.5) is 5.82 Å². The molecule has 4 rings (SSSR count). The Morgan fingerprint density at radius 1 is 1.22 bits per heavy atom. The highest BCUT2D eigenvalue weighted by atomic mass is 16.3. The number of aliphatic hydroxyl groups is 1.